The third-order valence-corrected chi connectivity index (χ3v) is 2.78. The van der Waals surface area contributed by atoms with E-state index in [0.29, 0.717) is 17.1 Å². The van der Waals surface area contributed by atoms with Crippen LogP contribution in [0.4, 0.5) is 5.69 Å². The van der Waals surface area contributed by atoms with Crippen LogP contribution in [0.25, 0.3) is 0 Å². The Kier molecular flexibility index (Phi) is 5.08. The molecule has 4 nitrogen and oxygen atoms in total. The monoisotopic (exact) mass is 298 g/mol. The van der Waals surface area contributed by atoms with Crippen molar-refractivity contribution in [2.24, 2.45) is 4.99 Å². The van der Waals surface area contributed by atoms with Crippen molar-refractivity contribution in [2.75, 3.05) is 6.54 Å². The summed E-state index contributed by atoms with van der Waals surface area (Å²) in [6.07, 6.45) is 1.57. The fourth-order valence-corrected chi connectivity index (χ4v) is 1.81. The number of hydrogen-bond acceptors (Lipinski definition) is 3. The van der Waals surface area contributed by atoms with Crippen molar-refractivity contribution >= 4 is 23.5 Å². The molecule has 21 heavy (non-hydrogen) atoms. The van der Waals surface area contributed by atoms with Crippen molar-refractivity contribution < 1.29 is 4.92 Å². The summed E-state index contributed by atoms with van der Waals surface area (Å²) in [5.74, 6) is 5.84. The lowest BCUT2D eigenvalue weighted by Gasteiger charge is -1.93. The van der Waals surface area contributed by atoms with Crippen LogP contribution in [0.1, 0.15) is 11.1 Å². The Bertz CT molecular complexity index is 745. The van der Waals surface area contributed by atoms with Crippen LogP contribution >= 0.6 is 11.6 Å². The number of halogens is 1. The lowest BCUT2D eigenvalue weighted by atomic mass is 10.2. The Morgan fingerprint density at radius 1 is 1.24 bits per heavy atom. The zero-order valence-corrected chi connectivity index (χ0v) is 11.7. The van der Waals surface area contributed by atoms with E-state index in [-0.39, 0.29) is 5.69 Å². The third kappa shape index (κ3) is 4.75. The van der Waals surface area contributed by atoms with Gasteiger partial charge >= 0.3 is 0 Å². The number of nitrogens with zero attached hydrogens (tertiary/aromatic N) is 2. The smallest absolute Gasteiger partial charge is 0.270 e. The Hall–Kier alpha value is -2.64. The van der Waals surface area contributed by atoms with Gasteiger partial charge in [-0.1, -0.05) is 41.6 Å². The zero-order valence-electron chi connectivity index (χ0n) is 11.0. The molecular weight excluding hydrogens is 288 g/mol. The van der Waals surface area contributed by atoms with Gasteiger partial charge in [-0.15, -0.1) is 0 Å². The maximum Gasteiger partial charge on any atom is 0.270 e. The zero-order chi connectivity index (χ0) is 15.1. The molecule has 2 aromatic rings. The number of rotatable bonds is 3. The minimum absolute atomic E-state index is 0.0453. The first-order chi connectivity index (χ1) is 10.1. The molecular formula is C16H11ClN2O2. The van der Waals surface area contributed by atoms with Gasteiger partial charge in [-0.05, 0) is 23.8 Å². The molecule has 0 aliphatic rings. The van der Waals surface area contributed by atoms with Crippen LogP contribution in [0.15, 0.2) is 53.5 Å². The predicted molar refractivity (Wildman–Crippen MR) is 83.9 cm³/mol. The summed E-state index contributed by atoms with van der Waals surface area (Å²) in [4.78, 5) is 14.3. The SMILES string of the molecule is O=[N+]([O-])c1cccc(C=NCC#Cc2cccc(Cl)c2)c1. The molecule has 0 radical (unpaired) electrons. The average Bonchev–Trinajstić information content (AvgIpc) is 2.47. The lowest BCUT2D eigenvalue weighted by Crippen LogP contribution is -1.89. The van der Waals surface area contributed by atoms with Gasteiger partial charge in [0.1, 0.15) is 6.54 Å². The number of benzene rings is 2. The van der Waals surface area contributed by atoms with E-state index in [9.17, 15) is 10.1 Å². The van der Waals surface area contributed by atoms with Gasteiger partial charge in [0.15, 0.2) is 0 Å². The molecule has 0 unspecified atom stereocenters. The predicted octanol–water partition coefficient (Wildman–Crippen LogP) is 3.72. The highest BCUT2D eigenvalue weighted by atomic mass is 35.5. The van der Waals surface area contributed by atoms with E-state index in [0.717, 1.165) is 5.56 Å². The second-order valence-corrected chi connectivity index (χ2v) is 4.57. The molecule has 0 aliphatic heterocycles. The molecule has 0 saturated heterocycles. The molecule has 0 bridgehead atoms. The molecule has 0 amide bonds. The molecule has 0 saturated carbocycles. The van der Waals surface area contributed by atoms with Crippen molar-refractivity contribution in [1.82, 2.24) is 0 Å². The topological polar surface area (TPSA) is 55.5 Å². The number of non-ortho nitro benzene ring substituents is 1. The molecule has 0 N–H and O–H groups in total. The summed E-state index contributed by atoms with van der Waals surface area (Å²) in [5.41, 5.74) is 1.55. The van der Waals surface area contributed by atoms with Crippen molar-refractivity contribution in [3.8, 4) is 11.8 Å². The Morgan fingerprint density at radius 3 is 2.81 bits per heavy atom. The molecule has 0 spiro atoms. The van der Waals surface area contributed by atoms with Gasteiger partial charge in [-0.25, -0.2) is 0 Å². The second-order valence-electron chi connectivity index (χ2n) is 4.13. The number of hydrogen-bond donors (Lipinski definition) is 0. The molecule has 104 valence electrons. The van der Waals surface area contributed by atoms with Crippen LogP contribution < -0.4 is 0 Å². The maximum atomic E-state index is 10.6. The minimum Gasteiger partial charge on any atom is -0.280 e. The first kappa shape index (κ1) is 14.8. The van der Waals surface area contributed by atoms with Crippen LogP contribution in [0, 0.1) is 22.0 Å². The fraction of sp³-hybridized carbons (Fsp3) is 0.0625. The average molecular weight is 299 g/mol. The summed E-state index contributed by atoms with van der Waals surface area (Å²) in [6.45, 7) is 0.315. The van der Waals surface area contributed by atoms with E-state index < -0.39 is 4.92 Å². The molecule has 0 aliphatic carbocycles. The summed E-state index contributed by atoms with van der Waals surface area (Å²) in [7, 11) is 0. The number of aliphatic imine (C=N–C) groups is 1. The molecule has 0 heterocycles. The first-order valence-electron chi connectivity index (χ1n) is 6.14. The summed E-state index contributed by atoms with van der Waals surface area (Å²) in [5, 5.41) is 11.3. The molecule has 2 aromatic carbocycles. The van der Waals surface area contributed by atoms with E-state index in [1.807, 2.05) is 12.1 Å². The van der Waals surface area contributed by atoms with Crippen LogP contribution in [-0.2, 0) is 0 Å². The number of nitro groups is 1. The largest absolute Gasteiger partial charge is 0.280 e. The summed E-state index contributed by atoms with van der Waals surface area (Å²) >= 11 is 5.85. The number of nitro benzene ring substituents is 1. The fourth-order valence-electron chi connectivity index (χ4n) is 1.62. The highest BCUT2D eigenvalue weighted by Gasteiger charge is 2.03. The first-order valence-corrected chi connectivity index (χ1v) is 6.52. The molecule has 5 heteroatoms. The van der Waals surface area contributed by atoms with Gasteiger partial charge < -0.3 is 0 Å². The van der Waals surface area contributed by atoms with Gasteiger partial charge in [0.25, 0.3) is 5.69 Å². The maximum absolute atomic E-state index is 10.6. The molecule has 2 rings (SSSR count). The van der Waals surface area contributed by atoms with E-state index in [1.54, 1.807) is 30.5 Å². The van der Waals surface area contributed by atoms with Gasteiger partial charge in [0.05, 0.1) is 4.92 Å². The summed E-state index contributed by atoms with van der Waals surface area (Å²) in [6, 6.07) is 13.5. The van der Waals surface area contributed by atoms with Gasteiger partial charge in [-0.2, -0.15) is 0 Å². The Morgan fingerprint density at radius 2 is 2.05 bits per heavy atom. The van der Waals surface area contributed by atoms with Gasteiger partial charge in [0, 0.05) is 28.9 Å². The highest BCUT2D eigenvalue weighted by Crippen LogP contribution is 2.11. The normalized spacial score (nSPS) is 10.1. The van der Waals surface area contributed by atoms with Crippen LogP contribution in [0.5, 0.6) is 0 Å². The Balaban J connectivity index is 1.97. The molecule has 0 aromatic heterocycles. The van der Waals surface area contributed by atoms with Crippen molar-refractivity contribution in [2.45, 2.75) is 0 Å². The second kappa shape index (κ2) is 7.22. The highest BCUT2D eigenvalue weighted by molar-refractivity contribution is 6.30. The quantitative estimate of drug-likeness (QED) is 0.375. The van der Waals surface area contributed by atoms with E-state index in [1.165, 1.54) is 12.1 Å². The van der Waals surface area contributed by atoms with Gasteiger partial charge in [0.2, 0.25) is 0 Å². The van der Waals surface area contributed by atoms with E-state index in [4.69, 9.17) is 11.6 Å². The Labute approximate surface area is 127 Å². The standard InChI is InChI=1S/C16H11ClN2O2/c17-15-7-1-4-13(10-15)6-3-9-18-12-14-5-2-8-16(11-14)19(20)21/h1-2,4-5,7-8,10-12H,9H2. The summed E-state index contributed by atoms with van der Waals surface area (Å²) < 4.78 is 0. The van der Waals surface area contributed by atoms with Crippen molar-refractivity contribution in [3.63, 3.8) is 0 Å². The van der Waals surface area contributed by atoms with E-state index in [2.05, 4.69) is 16.8 Å². The minimum atomic E-state index is -0.434. The van der Waals surface area contributed by atoms with E-state index >= 15 is 0 Å². The molecule has 0 atom stereocenters. The lowest BCUT2D eigenvalue weighted by molar-refractivity contribution is -0.384. The van der Waals surface area contributed by atoms with Crippen LogP contribution in [0.2, 0.25) is 5.02 Å². The molecule has 0 fully saturated rings. The van der Waals surface area contributed by atoms with Gasteiger partial charge in [-0.3, -0.25) is 15.1 Å². The van der Waals surface area contributed by atoms with Crippen molar-refractivity contribution in [1.29, 1.82) is 0 Å². The third-order valence-electron chi connectivity index (χ3n) is 2.55. The van der Waals surface area contributed by atoms with Crippen molar-refractivity contribution in [3.05, 3.63) is 74.8 Å². The van der Waals surface area contributed by atoms with Crippen LogP contribution in [-0.4, -0.2) is 17.7 Å². The van der Waals surface area contributed by atoms with Crippen LogP contribution in [0.3, 0.4) is 0 Å².